The highest BCUT2D eigenvalue weighted by atomic mass is 16.5. The Morgan fingerprint density at radius 3 is 1.11 bits per heavy atom. The standard InChI is InChI=1S/2C28H39N3O2.C27H37N3O2.C4H8O.3CH4/c2*1-17(31-25-7-5-4-6-24(25)29-30-31)26(32)23-11-10-22-21-9-8-18-16-27(2,33)14-12-19(18)20(21)13-15-28(22,23)3;1-26(32)13-11-18-17(15-26)7-8-20-19(18)12-14-27(2)21(20)9-10-22(27)25(31)16-30-24-6-4-3-5-23(24)28-29-30;1-2-4-5-3-1;;;/h2*4-7,17-23,33H,8-16H2,1-3H3;3-6,17-22,32H,7-16H2,1-2H3;1-4H2;3*1H4/t17-,18+,19+,20-,21-,22+,23-,27-,28+;17-,18-,19-,20+,21+,22-,23+,27+,28-;17-,18-,19+,20+,21-,22+,26+,27-;;;;/m100..../s1. The number of ether oxygens (including phenoxy) is 1. The Balaban J connectivity index is 0.000000134. The lowest BCUT2D eigenvalue weighted by molar-refractivity contribution is -0.135. The first-order valence-electron chi connectivity index (χ1n) is 41.7. The van der Waals surface area contributed by atoms with E-state index in [1.54, 1.807) is 4.68 Å². The number of carbonyl (C=O) groups excluding carboxylic acids is 3. The van der Waals surface area contributed by atoms with Gasteiger partial charge in [-0.15, -0.1) is 15.3 Å². The minimum Gasteiger partial charge on any atom is -0.390 e. The van der Waals surface area contributed by atoms with E-state index in [1.807, 2.05) is 117 Å². The Kier molecular flexibility index (Phi) is 22.9. The smallest absolute Gasteiger partial charge is 0.160 e. The fourth-order valence-corrected chi connectivity index (χ4v) is 27.7. The summed E-state index contributed by atoms with van der Waals surface area (Å²) in [7, 11) is 0. The van der Waals surface area contributed by atoms with Crippen molar-refractivity contribution < 1.29 is 34.4 Å². The molecule has 106 heavy (non-hydrogen) atoms. The molecule has 3 aromatic heterocycles. The van der Waals surface area contributed by atoms with Gasteiger partial charge >= 0.3 is 0 Å². The van der Waals surface area contributed by atoms with Crippen LogP contribution < -0.4 is 0 Å². The number of carbonyl (C=O) groups is 3. The minimum atomic E-state index is -0.455. The molecular formula is C90H135N9O7. The first kappa shape index (κ1) is 78.8. The fraction of sp³-hybridized carbons (Fsp3) is 0.767. The number of aliphatic hydroxyl groups is 3. The monoisotopic (exact) mass is 1450 g/mol. The zero-order valence-corrected chi connectivity index (χ0v) is 63.6. The molecule has 0 radical (unpaired) electrons. The van der Waals surface area contributed by atoms with Crippen molar-refractivity contribution in [2.75, 3.05) is 13.2 Å². The van der Waals surface area contributed by atoms with Crippen LogP contribution in [0.5, 0.6) is 0 Å². The van der Waals surface area contributed by atoms with E-state index in [1.165, 1.54) is 128 Å². The molecule has 1 aliphatic heterocycles. The number of hydrogen-bond acceptors (Lipinski definition) is 13. The van der Waals surface area contributed by atoms with Crippen LogP contribution in [-0.2, 0) is 25.7 Å². The van der Waals surface area contributed by atoms with Crippen molar-refractivity contribution in [3.63, 3.8) is 0 Å². The van der Waals surface area contributed by atoms with Crippen LogP contribution >= 0.6 is 0 Å². The molecule has 4 heterocycles. The van der Waals surface area contributed by atoms with Crippen LogP contribution in [0.15, 0.2) is 72.8 Å². The zero-order chi connectivity index (χ0) is 71.5. The molecule has 3 N–H and O–H groups in total. The predicted molar refractivity (Wildman–Crippen MR) is 421 cm³/mol. The third kappa shape index (κ3) is 14.3. The van der Waals surface area contributed by atoms with Crippen molar-refractivity contribution in [1.29, 1.82) is 0 Å². The summed E-state index contributed by atoms with van der Waals surface area (Å²) in [4.78, 5) is 41.3. The molecule has 582 valence electrons. The molecular weight excluding hydrogens is 1320 g/mol. The number of nitrogens with zero attached hydrogens (tertiary/aromatic N) is 9. The van der Waals surface area contributed by atoms with Gasteiger partial charge in [0.15, 0.2) is 17.3 Å². The van der Waals surface area contributed by atoms with Crippen molar-refractivity contribution in [1.82, 2.24) is 45.0 Å². The molecule has 16 heteroatoms. The van der Waals surface area contributed by atoms with Gasteiger partial charge in [0.2, 0.25) is 0 Å². The largest absolute Gasteiger partial charge is 0.390 e. The Labute approximate surface area is 634 Å². The summed E-state index contributed by atoms with van der Waals surface area (Å²) in [6, 6.07) is 23.3. The van der Waals surface area contributed by atoms with Gasteiger partial charge in [-0.3, -0.25) is 14.4 Å². The van der Waals surface area contributed by atoms with Crippen LogP contribution in [-0.4, -0.2) is 108 Å². The molecule has 1 saturated heterocycles. The van der Waals surface area contributed by atoms with Crippen molar-refractivity contribution in [3.05, 3.63) is 72.8 Å². The number of aromatic nitrogens is 9. The summed E-state index contributed by atoms with van der Waals surface area (Å²) < 4.78 is 10.4. The highest BCUT2D eigenvalue weighted by Crippen LogP contribution is 2.69. The van der Waals surface area contributed by atoms with Gasteiger partial charge in [-0.2, -0.15) is 0 Å². The molecule has 3 aromatic carbocycles. The molecule has 0 spiro atoms. The minimum absolute atomic E-state index is 0. The van der Waals surface area contributed by atoms with Crippen molar-refractivity contribution >= 4 is 50.4 Å². The van der Waals surface area contributed by atoms with E-state index < -0.39 is 16.8 Å². The molecule has 19 rings (SSSR count). The van der Waals surface area contributed by atoms with E-state index in [0.29, 0.717) is 59.4 Å². The average Bonchev–Trinajstić information content (AvgIpc) is 1.51. The zero-order valence-electron chi connectivity index (χ0n) is 63.6. The number of ketones is 3. The highest BCUT2D eigenvalue weighted by Gasteiger charge is 2.63. The number of rotatable bonds is 9. The molecule has 16 nitrogen and oxygen atoms in total. The normalized spacial score (nSPS) is 41.3. The van der Waals surface area contributed by atoms with E-state index in [4.69, 9.17) is 4.74 Å². The topological polar surface area (TPSA) is 213 Å². The van der Waals surface area contributed by atoms with Gasteiger partial charge < -0.3 is 20.1 Å². The molecule has 6 aromatic rings. The fourth-order valence-electron chi connectivity index (χ4n) is 27.7. The Morgan fingerprint density at radius 1 is 0.406 bits per heavy atom. The van der Waals surface area contributed by atoms with Crippen LogP contribution in [0.3, 0.4) is 0 Å². The van der Waals surface area contributed by atoms with Crippen LogP contribution in [0.4, 0.5) is 0 Å². The van der Waals surface area contributed by atoms with Crippen LogP contribution in [0, 0.1) is 123 Å². The summed E-state index contributed by atoms with van der Waals surface area (Å²) in [6.45, 7) is 19.8. The average molecular weight is 1460 g/mol. The van der Waals surface area contributed by atoms with Crippen LogP contribution in [0.25, 0.3) is 33.1 Å². The van der Waals surface area contributed by atoms with Crippen LogP contribution in [0.2, 0.25) is 0 Å². The lowest BCUT2D eigenvalue weighted by Gasteiger charge is -2.57. The first-order valence-corrected chi connectivity index (χ1v) is 41.7. The molecule has 0 unspecified atom stereocenters. The Bertz CT molecular complexity index is 3860. The summed E-state index contributed by atoms with van der Waals surface area (Å²) in [5.74, 6) is 12.8. The summed E-state index contributed by atoms with van der Waals surface area (Å²) >= 11 is 0. The molecule has 0 bridgehead atoms. The van der Waals surface area contributed by atoms with Gasteiger partial charge in [0.1, 0.15) is 35.2 Å². The highest BCUT2D eigenvalue weighted by molar-refractivity contribution is 5.89. The number of Topliss-reactive ketones (excluding diaryl/α,β-unsaturated/α-hetero) is 3. The maximum absolute atomic E-state index is 13.9. The van der Waals surface area contributed by atoms with Gasteiger partial charge in [0.25, 0.3) is 0 Å². The molecule has 12 aliphatic carbocycles. The van der Waals surface area contributed by atoms with Crippen molar-refractivity contribution in [3.8, 4) is 0 Å². The Hall–Kier alpha value is -5.29. The third-order valence-corrected chi connectivity index (χ3v) is 32.7. The number of para-hydroxylation sites is 3. The molecule has 13 fully saturated rings. The van der Waals surface area contributed by atoms with Gasteiger partial charge in [-0.1, -0.05) is 95.1 Å². The van der Waals surface area contributed by atoms with Crippen molar-refractivity contribution in [2.45, 2.75) is 299 Å². The lowest BCUT2D eigenvalue weighted by Crippen LogP contribution is -2.51. The molecule has 26 atom stereocenters. The number of benzene rings is 3. The summed E-state index contributed by atoms with van der Waals surface area (Å²) in [5, 5.41) is 57.7. The second kappa shape index (κ2) is 30.8. The molecule has 13 aliphatic rings. The maximum atomic E-state index is 13.9. The number of fused-ring (bicyclic) bond motifs is 18. The van der Waals surface area contributed by atoms with E-state index in [-0.39, 0.29) is 68.4 Å². The summed E-state index contributed by atoms with van der Waals surface area (Å²) in [6.07, 6.45) is 33.8. The van der Waals surface area contributed by atoms with Gasteiger partial charge in [-0.25, -0.2) is 14.0 Å². The summed E-state index contributed by atoms with van der Waals surface area (Å²) in [5.41, 5.74) is 4.46. The quantitative estimate of drug-likeness (QED) is 0.123. The van der Waals surface area contributed by atoms with E-state index in [9.17, 15) is 29.7 Å². The maximum Gasteiger partial charge on any atom is 0.160 e. The predicted octanol–water partition coefficient (Wildman–Crippen LogP) is 18.9. The van der Waals surface area contributed by atoms with Crippen LogP contribution in [0.1, 0.15) is 276 Å². The van der Waals surface area contributed by atoms with Crippen molar-refractivity contribution in [2.24, 2.45) is 123 Å². The van der Waals surface area contributed by atoms with Gasteiger partial charge in [0, 0.05) is 31.0 Å². The van der Waals surface area contributed by atoms with Gasteiger partial charge in [-0.05, 0) is 362 Å². The number of hydrogen-bond donors (Lipinski definition) is 3. The van der Waals surface area contributed by atoms with E-state index in [0.717, 1.165) is 157 Å². The second-order valence-electron chi connectivity index (χ2n) is 38.3. The Morgan fingerprint density at radius 2 is 0.736 bits per heavy atom. The van der Waals surface area contributed by atoms with E-state index >= 15 is 0 Å². The third-order valence-electron chi connectivity index (χ3n) is 32.7. The molecule has 12 saturated carbocycles. The SMILES string of the molecule is C.C.C.C1CCOC1.C[C@@H](C(=O)[C@H]1CC[C@H]2[C@@H]3CC[C@H]4C[C@](C)(O)CC[C@@H]4[C@H]3CC[C@]12C)n1nnc2ccccc21.C[C@@]1(O)CC[C@H]2[C@@H](CC[C@@H]3[C@@H]2CC[C@]2(C)[C@@H](C(=O)Cn4nnc5ccccc54)CC[C@@H]32)C1.C[C@H](C(=O)[C@H]1CC[C@H]2[C@@H]3CC[C@H]4C[C@](C)(O)CC[C@@H]4[C@H]3CC[C@]12C)n1nnc2ccccc21. The first-order chi connectivity index (χ1) is 49.4. The molecule has 0 amide bonds. The van der Waals surface area contributed by atoms with E-state index in [2.05, 4.69) is 51.7 Å². The second-order valence-corrected chi connectivity index (χ2v) is 38.3. The lowest BCUT2D eigenvalue weighted by atomic mass is 9.49. The van der Waals surface area contributed by atoms with Gasteiger partial charge in [0.05, 0.1) is 33.4 Å².